The highest BCUT2D eigenvalue weighted by molar-refractivity contribution is 6.30. The lowest BCUT2D eigenvalue weighted by molar-refractivity contribution is 0.104. The lowest BCUT2D eigenvalue weighted by Gasteiger charge is -2.38. The number of carbonyl (C=O) groups is 1. The Morgan fingerprint density at radius 2 is 1.52 bits per heavy atom. The molecule has 2 aliphatic rings. The van der Waals surface area contributed by atoms with Crippen LogP contribution < -0.4 is 5.32 Å². The van der Waals surface area contributed by atoms with Crippen molar-refractivity contribution < 1.29 is 9.53 Å². The molecule has 1 N–H and O–H groups in total. The molecule has 166 valence electrons. The zero-order chi connectivity index (χ0) is 21.6. The number of nitrogens with zero attached hydrogens (tertiary/aromatic N) is 1. The highest BCUT2D eigenvalue weighted by Gasteiger charge is 2.35. The number of benzene rings is 2. The molecule has 6 heteroatoms. The first-order valence-corrected chi connectivity index (χ1v) is 12.0. The van der Waals surface area contributed by atoms with Crippen molar-refractivity contribution in [3.8, 4) is 0 Å². The quantitative estimate of drug-likeness (QED) is 0.566. The minimum absolute atomic E-state index is 0.172. The van der Waals surface area contributed by atoms with Gasteiger partial charge in [-0.1, -0.05) is 47.5 Å². The number of nitrogens with one attached hydrogen (secondary N) is 1. The van der Waals surface area contributed by atoms with Gasteiger partial charge in [-0.05, 0) is 92.9 Å². The molecular weight excluding hydrogens is 431 g/mol. The molecular formula is C25H30Cl2N2O2. The van der Waals surface area contributed by atoms with Gasteiger partial charge >= 0.3 is 6.09 Å². The first-order chi connectivity index (χ1) is 15.1. The van der Waals surface area contributed by atoms with E-state index in [1.165, 1.54) is 18.4 Å². The summed E-state index contributed by atoms with van der Waals surface area (Å²) in [5, 5.41) is 4.60. The number of rotatable bonds is 6. The Morgan fingerprint density at radius 3 is 2.16 bits per heavy atom. The van der Waals surface area contributed by atoms with Gasteiger partial charge < -0.3 is 10.1 Å². The van der Waals surface area contributed by atoms with Gasteiger partial charge in [0.05, 0.1) is 0 Å². The molecule has 0 spiro atoms. The molecule has 4 nitrogen and oxygen atoms in total. The first-order valence-electron chi connectivity index (χ1n) is 11.2. The van der Waals surface area contributed by atoms with Gasteiger partial charge in [-0.3, -0.25) is 4.90 Å². The number of alkyl carbamates (subject to hydrolysis) is 1. The minimum Gasteiger partial charge on any atom is -0.445 e. The van der Waals surface area contributed by atoms with E-state index in [1.807, 2.05) is 36.4 Å². The van der Waals surface area contributed by atoms with Crippen molar-refractivity contribution in [1.82, 2.24) is 10.2 Å². The van der Waals surface area contributed by atoms with E-state index in [0.29, 0.717) is 11.1 Å². The average Bonchev–Trinajstić information content (AvgIpc) is 3.23. The third-order valence-electron chi connectivity index (χ3n) is 6.62. The van der Waals surface area contributed by atoms with Gasteiger partial charge in [0.25, 0.3) is 0 Å². The molecule has 1 aliphatic heterocycles. The maximum Gasteiger partial charge on any atom is 0.407 e. The summed E-state index contributed by atoms with van der Waals surface area (Å²) in [6, 6.07) is 16.2. The highest BCUT2D eigenvalue weighted by Crippen LogP contribution is 2.30. The summed E-state index contributed by atoms with van der Waals surface area (Å²) in [5.41, 5.74) is 2.30. The first kappa shape index (κ1) is 22.4. The number of hydrogen-bond donors (Lipinski definition) is 1. The minimum atomic E-state index is -0.329. The van der Waals surface area contributed by atoms with Crippen molar-refractivity contribution >= 4 is 29.3 Å². The predicted octanol–water partition coefficient (Wildman–Crippen LogP) is 6.10. The van der Waals surface area contributed by atoms with E-state index in [2.05, 4.69) is 22.3 Å². The molecule has 2 atom stereocenters. The van der Waals surface area contributed by atoms with Gasteiger partial charge in [0.2, 0.25) is 0 Å². The number of halogens is 2. The van der Waals surface area contributed by atoms with E-state index in [9.17, 15) is 4.79 Å². The van der Waals surface area contributed by atoms with E-state index in [0.717, 1.165) is 55.3 Å². The van der Waals surface area contributed by atoms with Crippen molar-refractivity contribution in [2.75, 3.05) is 13.1 Å². The molecule has 1 heterocycles. The van der Waals surface area contributed by atoms with Crippen LogP contribution in [0.4, 0.5) is 4.79 Å². The fourth-order valence-electron chi connectivity index (χ4n) is 4.91. The predicted molar refractivity (Wildman–Crippen MR) is 126 cm³/mol. The zero-order valence-corrected chi connectivity index (χ0v) is 19.2. The van der Waals surface area contributed by atoms with E-state index in [1.54, 1.807) is 0 Å². The van der Waals surface area contributed by atoms with Crippen LogP contribution in [0.25, 0.3) is 0 Å². The summed E-state index contributed by atoms with van der Waals surface area (Å²) >= 11 is 11.9. The second-order valence-corrected chi connectivity index (χ2v) is 9.63. The van der Waals surface area contributed by atoms with Crippen LogP contribution in [0.2, 0.25) is 10.0 Å². The van der Waals surface area contributed by atoms with Crippen LogP contribution in [0.1, 0.15) is 43.2 Å². The molecule has 1 saturated carbocycles. The summed E-state index contributed by atoms with van der Waals surface area (Å²) < 4.78 is 5.44. The SMILES string of the molecule is O=C(N[C@@H]1CCC[C@H]1N1CCC(Cc2ccc(Cl)cc2)CC1)OCc1ccc(Cl)cc1. The maximum atomic E-state index is 12.4. The molecule has 0 aromatic heterocycles. The molecule has 2 aromatic carbocycles. The molecule has 0 unspecified atom stereocenters. The van der Waals surface area contributed by atoms with Crippen molar-refractivity contribution in [1.29, 1.82) is 0 Å². The van der Waals surface area contributed by atoms with Gasteiger partial charge in [-0.2, -0.15) is 0 Å². The number of likely N-dealkylation sites (tertiary alicyclic amines) is 1. The molecule has 31 heavy (non-hydrogen) atoms. The molecule has 0 bridgehead atoms. The number of hydrogen-bond acceptors (Lipinski definition) is 3. The summed E-state index contributed by atoms with van der Waals surface area (Å²) in [6.45, 7) is 2.46. The van der Waals surface area contributed by atoms with E-state index in [4.69, 9.17) is 27.9 Å². The van der Waals surface area contributed by atoms with Gasteiger partial charge in [-0.25, -0.2) is 4.79 Å². The van der Waals surface area contributed by atoms with E-state index >= 15 is 0 Å². The zero-order valence-electron chi connectivity index (χ0n) is 17.7. The van der Waals surface area contributed by atoms with Crippen LogP contribution in [0.5, 0.6) is 0 Å². The van der Waals surface area contributed by atoms with Crippen molar-refractivity contribution in [2.45, 2.75) is 57.2 Å². The van der Waals surface area contributed by atoms with Crippen molar-refractivity contribution in [3.05, 3.63) is 69.7 Å². The van der Waals surface area contributed by atoms with Crippen LogP contribution in [-0.2, 0) is 17.8 Å². The highest BCUT2D eigenvalue weighted by atomic mass is 35.5. The summed E-state index contributed by atoms with van der Waals surface area (Å²) in [7, 11) is 0. The summed E-state index contributed by atoms with van der Waals surface area (Å²) in [5.74, 6) is 0.717. The lowest BCUT2D eigenvalue weighted by atomic mass is 9.89. The smallest absolute Gasteiger partial charge is 0.407 e. The number of ether oxygens (including phenoxy) is 1. The van der Waals surface area contributed by atoms with Crippen molar-refractivity contribution in [2.24, 2.45) is 5.92 Å². The van der Waals surface area contributed by atoms with Crippen molar-refractivity contribution in [3.63, 3.8) is 0 Å². The lowest BCUT2D eigenvalue weighted by Crippen LogP contribution is -2.51. The van der Waals surface area contributed by atoms with Crippen LogP contribution in [-0.4, -0.2) is 36.2 Å². The Hall–Kier alpha value is -1.75. The third-order valence-corrected chi connectivity index (χ3v) is 7.13. The van der Waals surface area contributed by atoms with E-state index in [-0.39, 0.29) is 18.7 Å². The molecule has 1 amide bonds. The number of amides is 1. The molecule has 4 rings (SSSR count). The Balaban J connectivity index is 1.22. The number of carbonyl (C=O) groups excluding carboxylic acids is 1. The maximum absolute atomic E-state index is 12.4. The van der Waals surface area contributed by atoms with E-state index < -0.39 is 0 Å². The standard InChI is InChI=1S/C25H30Cl2N2O2/c26-21-8-4-18(5-9-21)16-19-12-14-29(15-13-19)24-3-1-2-23(24)28-25(30)31-17-20-6-10-22(27)11-7-20/h4-11,19,23-24H,1-3,12-17H2,(H,28,30)/t23-,24-/m1/s1. The van der Waals surface area contributed by atoms with Gasteiger partial charge in [0.1, 0.15) is 6.61 Å². The summed E-state index contributed by atoms with van der Waals surface area (Å²) in [6.07, 6.45) is 6.51. The van der Waals surface area contributed by atoms with Crippen LogP contribution in [0, 0.1) is 5.92 Å². The third kappa shape index (κ3) is 6.38. The average molecular weight is 461 g/mol. The fraction of sp³-hybridized carbons (Fsp3) is 0.480. The van der Waals surface area contributed by atoms with Crippen LogP contribution >= 0.6 is 23.2 Å². The molecule has 1 saturated heterocycles. The second-order valence-electron chi connectivity index (χ2n) is 8.76. The molecule has 2 aromatic rings. The Bertz CT molecular complexity index is 849. The fourth-order valence-corrected chi connectivity index (χ4v) is 5.16. The topological polar surface area (TPSA) is 41.6 Å². The van der Waals surface area contributed by atoms with Gasteiger partial charge in [0, 0.05) is 22.1 Å². The Morgan fingerprint density at radius 1 is 0.903 bits per heavy atom. The molecule has 2 fully saturated rings. The van der Waals surface area contributed by atoms with Gasteiger partial charge in [-0.15, -0.1) is 0 Å². The Kier molecular flexibility index (Phi) is 7.76. The van der Waals surface area contributed by atoms with Crippen LogP contribution in [0.3, 0.4) is 0 Å². The summed E-state index contributed by atoms with van der Waals surface area (Å²) in [4.78, 5) is 14.9. The Labute approximate surface area is 194 Å². The molecule has 0 radical (unpaired) electrons. The number of piperidine rings is 1. The second kappa shape index (κ2) is 10.7. The molecule has 1 aliphatic carbocycles. The monoisotopic (exact) mass is 460 g/mol. The van der Waals surface area contributed by atoms with Crippen LogP contribution in [0.15, 0.2) is 48.5 Å². The largest absolute Gasteiger partial charge is 0.445 e. The normalized spacial score (nSPS) is 22.4. The van der Waals surface area contributed by atoms with Gasteiger partial charge in [0.15, 0.2) is 0 Å².